The van der Waals surface area contributed by atoms with E-state index in [2.05, 4.69) is 5.32 Å². The molecular weight excluding hydrogens is 474 g/mol. The Morgan fingerprint density at radius 3 is 2.41 bits per heavy atom. The molecule has 4 amide bonds. The molecule has 1 N–H and O–H groups in total. The van der Waals surface area contributed by atoms with Crippen molar-refractivity contribution in [1.29, 1.82) is 0 Å². The number of hydrogen-bond donors (Lipinski definition) is 1. The minimum atomic E-state index is -0.402. The maximum absolute atomic E-state index is 12.6. The first kappa shape index (κ1) is 24.1. The normalized spacial score (nSPS) is 14.2. The van der Waals surface area contributed by atoms with Crippen molar-refractivity contribution < 1.29 is 28.7 Å². The van der Waals surface area contributed by atoms with E-state index in [9.17, 15) is 19.2 Å². The van der Waals surface area contributed by atoms with Crippen LogP contribution in [0.2, 0.25) is 0 Å². The van der Waals surface area contributed by atoms with Crippen molar-refractivity contribution >= 4 is 35.0 Å². The first-order chi connectivity index (χ1) is 17.9. The van der Waals surface area contributed by atoms with Gasteiger partial charge in [-0.05, 0) is 55.0 Å². The van der Waals surface area contributed by atoms with Gasteiger partial charge < -0.3 is 19.7 Å². The lowest BCUT2D eigenvalue weighted by molar-refractivity contribution is -0.121. The van der Waals surface area contributed by atoms with Gasteiger partial charge in [0, 0.05) is 18.7 Å². The first-order valence-electron chi connectivity index (χ1n) is 11.9. The van der Waals surface area contributed by atoms with Crippen molar-refractivity contribution in [2.24, 2.45) is 0 Å². The number of amides is 4. The zero-order valence-corrected chi connectivity index (χ0v) is 20.2. The van der Waals surface area contributed by atoms with E-state index in [1.54, 1.807) is 47.4 Å². The second-order valence-corrected chi connectivity index (χ2v) is 8.79. The third-order valence-corrected chi connectivity index (χ3v) is 6.20. The zero-order chi connectivity index (χ0) is 25.9. The molecular formula is C28H25N3O6. The Kier molecular flexibility index (Phi) is 6.59. The number of aryl methyl sites for hydroxylation is 1. The van der Waals surface area contributed by atoms with E-state index in [1.807, 2.05) is 31.2 Å². The number of hydrogen-bond acceptors (Lipinski definition) is 6. The number of rotatable bonds is 8. The fourth-order valence-electron chi connectivity index (χ4n) is 4.36. The average molecular weight is 500 g/mol. The SMILES string of the molecule is Cc1cccc(OCCN2C(=O)COc3ccc(NC(=O)CCN4C(=O)c5ccccc5C4=O)cc32)c1. The topological polar surface area (TPSA) is 105 Å². The second kappa shape index (κ2) is 10.1. The van der Waals surface area contributed by atoms with Crippen LogP contribution in [0.25, 0.3) is 0 Å². The van der Waals surface area contributed by atoms with Gasteiger partial charge in [-0.25, -0.2) is 0 Å². The lowest BCUT2D eigenvalue weighted by atomic mass is 10.1. The minimum Gasteiger partial charge on any atom is -0.492 e. The number of fused-ring (bicyclic) bond motifs is 2. The van der Waals surface area contributed by atoms with Gasteiger partial charge in [-0.2, -0.15) is 0 Å². The van der Waals surface area contributed by atoms with Crippen molar-refractivity contribution in [1.82, 2.24) is 4.90 Å². The molecule has 0 spiro atoms. The summed E-state index contributed by atoms with van der Waals surface area (Å²) in [5, 5.41) is 2.78. The van der Waals surface area contributed by atoms with E-state index < -0.39 is 11.8 Å². The lowest BCUT2D eigenvalue weighted by Crippen LogP contribution is -2.41. The number of carbonyl (C=O) groups excluding carboxylic acids is 4. The van der Waals surface area contributed by atoms with Gasteiger partial charge >= 0.3 is 0 Å². The van der Waals surface area contributed by atoms with E-state index >= 15 is 0 Å². The van der Waals surface area contributed by atoms with Gasteiger partial charge in [0.25, 0.3) is 17.7 Å². The van der Waals surface area contributed by atoms with Gasteiger partial charge in [-0.15, -0.1) is 0 Å². The molecule has 2 heterocycles. The minimum absolute atomic E-state index is 0.0346. The van der Waals surface area contributed by atoms with Crippen LogP contribution in [0.5, 0.6) is 11.5 Å². The Balaban J connectivity index is 1.21. The summed E-state index contributed by atoms with van der Waals surface area (Å²) in [5.74, 6) is -0.134. The molecule has 0 saturated heterocycles. The predicted molar refractivity (Wildman–Crippen MR) is 136 cm³/mol. The molecule has 0 bridgehead atoms. The van der Waals surface area contributed by atoms with Crippen LogP contribution in [0.3, 0.4) is 0 Å². The Bertz CT molecular complexity index is 1370. The summed E-state index contributed by atoms with van der Waals surface area (Å²) >= 11 is 0. The van der Waals surface area contributed by atoms with Gasteiger partial charge in [-0.1, -0.05) is 24.3 Å². The molecule has 3 aromatic carbocycles. The van der Waals surface area contributed by atoms with E-state index in [0.29, 0.717) is 34.8 Å². The lowest BCUT2D eigenvalue weighted by Gasteiger charge is -2.29. The third-order valence-electron chi connectivity index (χ3n) is 6.20. The van der Waals surface area contributed by atoms with E-state index in [4.69, 9.17) is 9.47 Å². The standard InChI is InChI=1S/C28H25N3O6/c1-18-5-4-6-20(15-18)36-14-13-30-23-16-19(9-10-24(23)37-17-26(30)33)29-25(32)11-12-31-27(34)21-7-2-3-8-22(21)28(31)35/h2-10,15-16H,11-14,17H2,1H3,(H,29,32). The third kappa shape index (κ3) is 5.02. The van der Waals surface area contributed by atoms with Crippen molar-refractivity contribution in [3.63, 3.8) is 0 Å². The van der Waals surface area contributed by atoms with Crippen LogP contribution in [0.15, 0.2) is 66.7 Å². The van der Waals surface area contributed by atoms with Crippen molar-refractivity contribution in [2.45, 2.75) is 13.3 Å². The fraction of sp³-hybridized carbons (Fsp3) is 0.214. The van der Waals surface area contributed by atoms with Gasteiger partial charge in [0.2, 0.25) is 5.91 Å². The molecule has 0 unspecified atom stereocenters. The average Bonchev–Trinajstić information content (AvgIpc) is 3.13. The number of carbonyl (C=O) groups is 4. The highest BCUT2D eigenvalue weighted by Crippen LogP contribution is 2.34. The molecule has 0 radical (unpaired) electrons. The van der Waals surface area contributed by atoms with Gasteiger partial charge in [0.1, 0.15) is 18.1 Å². The number of nitrogens with one attached hydrogen (secondary N) is 1. The molecule has 0 aromatic heterocycles. The van der Waals surface area contributed by atoms with Crippen LogP contribution in [-0.2, 0) is 9.59 Å². The molecule has 0 fully saturated rings. The largest absolute Gasteiger partial charge is 0.492 e. The van der Waals surface area contributed by atoms with Crippen molar-refractivity contribution in [2.75, 3.05) is 36.5 Å². The summed E-state index contributed by atoms with van der Waals surface area (Å²) < 4.78 is 11.4. The molecule has 37 heavy (non-hydrogen) atoms. The van der Waals surface area contributed by atoms with Gasteiger partial charge in [0.05, 0.1) is 23.4 Å². The molecule has 0 atom stereocenters. The number of ether oxygens (including phenoxy) is 2. The Hall–Kier alpha value is -4.66. The highest BCUT2D eigenvalue weighted by atomic mass is 16.5. The maximum Gasteiger partial charge on any atom is 0.265 e. The van der Waals surface area contributed by atoms with Crippen molar-refractivity contribution in [3.05, 3.63) is 83.4 Å². The van der Waals surface area contributed by atoms with E-state index in [0.717, 1.165) is 16.2 Å². The fourth-order valence-corrected chi connectivity index (χ4v) is 4.36. The van der Waals surface area contributed by atoms with Crippen molar-refractivity contribution in [3.8, 4) is 11.5 Å². The molecule has 2 aliphatic heterocycles. The molecule has 3 aromatic rings. The van der Waals surface area contributed by atoms with Crippen LogP contribution < -0.4 is 19.7 Å². The summed E-state index contributed by atoms with van der Waals surface area (Å²) in [7, 11) is 0. The number of benzene rings is 3. The molecule has 9 nitrogen and oxygen atoms in total. The van der Waals surface area contributed by atoms with Crippen LogP contribution in [-0.4, -0.2) is 54.8 Å². The summed E-state index contributed by atoms with van der Waals surface area (Å²) in [6.07, 6.45) is -0.0635. The summed E-state index contributed by atoms with van der Waals surface area (Å²) in [6, 6.07) is 19.3. The second-order valence-electron chi connectivity index (χ2n) is 8.79. The predicted octanol–water partition coefficient (Wildman–Crippen LogP) is 3.42. The number of anilines is 2. The monoisotopic (exact) mass is 499 g/mol. The van der Waals surface area contributed by atoms with Crippen LogP contribution >= 0.6 is 0 Å². The molecule has 0 saturated carbocycles. The molecule has 2 aliphatic rings. The van der Waals surface area contributed by atoms with Gasteiger partial charge in [0.15, 0.2) is 6.61 Å². The van der Waals surface area contributed by atoms with Crippen LogP contribution in [0.4, 0.5) is 11.4 Å². The molecule has 188 valence electrons. The number of imide groups is 1. The molecule has 0 aliphatic carbocycles. The summed E-state index contributed by atoms with van der Waals surface area (Å²) in [4.78, 5) is 52.9. The Morgan fingerprint density at radius 1 is 0.919 bits per heavy atom. The highest BCUT2D eigenvalue weighted by molar-refractivity contribution is 6.21. The van der Waals surface area contributed by atoms with E-state index in [-0.39, 0.29) is 38.0 Å². The van der Waals surface area contributed by atoms with Crippen LogP contribution in [0.1, 0.15) is 32.7 Å². The molecule has 9 heteroatoms. The highest BCUT2D eigenvalue weighted by Gasteiger charge is 2.35. The Morgan fingerprint density at radius 2 is 1.68 bits per heavy atom. The smallest absolute Gasteiger partial charge is 0.265 e. The quantitative estimate of drug-likeness (QED) is 0.476. The summed E-state index contributed by atoms with van der Waals surface area (Å²) in [5.41, 5.74) is 2.77. The van der Waals surface area contributed by atoms with Gasteiger partial charge in [-0.3, -0.25) is 24.1 Å². The maximum atomic E-state index is 12.6. The zero-order valence-electron chi connectivity index (χ0n) is 20.2. The summed E-state index contributed by atoms with van der Waals surface area (Å²) in [6.45, 7) is 2.45. The first-order valence-corrected chi connectivity index (χ1v) is 11.9. The van der Waals surface area contributed by atoms with E-state index in [1.165, 1.54) is 0 Å². The number of nitrogens with zero attached hydrogens (tertiary/aromatic N) is 2. The Labute approximate surface area is 213 Å². The molecule has 5 rings (SSSR count). The van der Waals surface area contributed by atoms with Crippen LogP contribution in [0, 0.1) is 6.92 Å².